The highest BCUT2D eigenvalue weighted by Crippen LogP contribution is 2.53. The lowest BCUT2D eigenvalue weighted by atomic mass is 9.74. The standard InChI is InChI=1S/C28H25BrCl2O4/c1-16(2)22-14-23(17-6-10-19(30)11-7-17)26(18-8-12-20(31)13-9-18)35-27(22)21-4-3-5-24(29)28(21)34-15-25(32)33/h3-13,22-23,26-27H,1,14-15H2,2H3,(H,32,33)/t22-,23-,26+,27-/m1/s1. The van der Waals surface area contributed by atoms with Gasteiger partial charge in [0.2, 0.25) is 0 Å². The summed E-state index contributed by atoms with van der Waals surface area (Å²) < 4.78 is 13.3. The van der Waals surface area contributed by atoms with Crippen molar-refractivity contribution in [1.29, 1.82) is 0 Å². The molecule has 4 nitrogen and oxygen atoms in total. The molecule has 3 aromatic carbocycles. The first kappa shape index (κ1) is 25.8. The molecule has 0 aromatic heterocycles. The number of halogens is 3. The maximum absolute atomic E-state index is 11.2. The number of benzene rings is 3. The molecule has 0 unspecified atom stereocenters. The Morgan fingerprint density at radius 2 is 1.63 bits per heavy atom. The van der Waals surface area contributed by atoms with E-state index in [0.29, 0.717) is 20.3 Å². The van der Waals surface area contributed by atoms with E-state index in [2.05, 4.69) is 22.5 Å². The van der Waals surface area contributed by atoms with E-state index in [1.165, 1.54) is 0 Å². The second-order valence-corrected chi connectivity index (χ2v) is 10.4. The first-order valence-corrected chi connectivity index (χ1v) is 12.7. The van der Waals surface area contributed by atoms with E-state index in [9.17, 15) is 9.90 Å². The molecule has 1 heterocycles. The quantitative estimate of drug-likeness (QED) is 0.287. The second-order valence-electron chi connectivity index (χ2n) is 8.72. The molecule has 1 saturated heterocycles. The number of carbonyl (C=O) groups is 1. The van der Waals surface area contributed by atoms with Crippen LogP contribution < -0.4 is 4.74 Å². The number of carboxylic acid groups (broad SMARTS) is 1. The zero-order valence-electron chi connectivity index (χ0n) is 19.1. The van der Waals surface area contributed by atoms with Crippen LogP contribution in [0.1, 0.15) is 48.2 Å². The highest BCUT2D eigenvalue weighted by Gasteiger charge is 2.41. The maximum atomic E-state index is 11.2. The van der Waals surface area contributed by atoms with Crippen LogP contribution in [-0.2, 0) is 9.53 Å². The van der Waals surface area contributed by atoms with Crippen molar-refractivity contribution in [3.8, 4) is 5.75 Å². The number of rotatable bonds is 7. The van der Waals surface area contributed by atoms with E-state index in [0.717, 1.165) is 28.7 Å². The smallest absolute Gasteiger partial charge is 0.341 e. The van der Waals surface area contributed by atoms with Gasteiger partial charge in [0.15, 0.2) is 6.61 Å². The van der Waals surface area contributed by atoms with E-state index >= 15 is 0 Å². The first-order chi connectivity index (χ1) is 16.7. The largest absolute Gasteiger partial charge is 0.480 e. The minimum absolute atomic E-state index is 0.0271. The Balaban J connectivity index is 1.80. The molecule has 1 aliphatic rings. The molecular weight excluding hydrogens is 551 g/mol. The maximum Gasteiger partial charge on any atom is 0.341 e. The molecular formula is C28H25BrCl2O4. The predicted octanol–water partition coefficient (Wildman–Crippen LogP) is 8.40. The van der Waals surface area contributed by atoms with Gasteiger partial charge in [-0.3, -0.25) is 0 Å². The van der Waals surface area contributed by atoms with Crippen LogP contribution >= 0.6 is 39.1 Å². The average molecular weight is 576 g/mol. The van der Waals surface area contributed by atoms with Gasteiger partial charge in [0.1, 0.15) is 5.75 Å². The molecule has 0 saturated carbocycles. The van der Waals surface area contributed by atoms with Crippen molar-refractivity contribution >= 4 is 45.1 Å². The molecule has 3 aromatic rings. The molecule has 4 rings (SSSR count). The molecule has 0 spiro atoms. The second kappa shape index (κ2) is 11.2. The molecule has 1 N–H and O–H groups in total. The highest BCUT2D eigenvalue weighted by molar-refractivity contribution is 9.10. The highest BCUT2D eigenvalue weighted by atomic mass is 79.9. The van der Waals surface area contributed by atoms with Crippen LogP contribution in [0.25, 0.3) is 0 Å². The number of ether oxygens (including phenoxy) is 2. The average Bonchev–Trinajstić information content (AvgIpc) is 2.83. The van der Waals surface area contributed by atoms with Crippen LogP contribution in [0.3, 0.4) is 0 Å². The third-order valence-electron chi connectivity index (χ3n) is 6.31. The fraction of sp³-hybridized carbons (Fsp3) is 0.250. The number of hydrogen-bond donors (Lipinski definition) is 1. The summed E-state index contributed by atoms with van der Waals surface area (Å²) in [6.07, 6.45) is 0.109. The summed E-state index contributed by atoms with van der Waals surface area (Å²) in [5.41, 5.74) is 3.88. The molecule has 7 heteroatoms. The molecule has 0 bridgehead atoms. The van der Waals surface area contributed by atoms with Crippen LogP contribution in [0, 0.1) is 5.92 Å². The first-order valence-electron chi connectivity index (χ1n) is 11.2. The zero-order chi connectivity index (χ0) is 25.1. The van der Waals surface area contributed by atoms with Gasteiger partial charge in [0, 0.05) is 27.4 Å². The lowest BCUT2D eigenvalue weighted by Crippen LogP contribution is -2.32. The van der Waals surface area contributed by atoms with Gasteiger partial charge in [-0.25, -0.2) is 4.79 Å². The van der Waals surface area contributed by atoms with Gasteiger partial charge >= 0.3 is 5.97 Å². The topological polar surface area (TPSA) is 55.8 Å². The molecule has 4 atom stereocenters. The summed E-state index contributed by atoms with van der Waals surface area (Å²) in [7, 11) is 0. The van der Waals surface area contributed by atoms with Crippen LogP contribution in [0.2, 0.25) is 10.0 Å². The fourth-order valence-corrected chi connectivity index (χ4v) is 5.39. The van der Waals surface area contributed by atoms with Crippen molar-refractivity contribution in [3.05, 3.63) is 110 Å². The molecule has 0 aliphatic carbocycles. The van der Waals surface area contributed by atoms with Gasteiger partial charge in [-0.05, 0) is 70.7 Å². The third kappa shape index (κ3) is 5.92. The van der Waals surface area contributed by atoms with Gasteiger partial charge in [-0.1, -0.05) is 71.8 Å². The van der Waals surface area contributed by atoms with Crippen LogP contribution in [0.15, 0.2) is 83.4 Å². The molecule has 182 valence electrons. The van der Waals surface area contributed by atoms with Crippen molar-refractivity contribution in [2.75, 3.05) is 6.61 Å². The Labute approximate surface area is 223 Å². The third-order valence-corrected chi connectivity index (χ3v) is 7.43. The van der Waals surface area contributed by atoms with Gasteiger partial charge in [-0.15, -0.1) is 0 Å². The summed E-state index contributed by atoms with van der Waals surface area (Å²) in [6, 6.07) is 21.2. The number of carboxylic acids is 1. The normalized spacial score (nSPS) is 21.9. The van der Waals surface area contributed by atoms with E-state index in [4.69, 9.17) is 32.7 Å². The molecule has 1 aliphatic heterocycles. The van der Waals surface area contributed by atoms with Gasteiger partial charge in [-0.2, -0.15) is 0 Å². The summed E-state index contributed by atoms with van der Waals surface area (Å²) in [5, 5.41) is 10.5. The summed E-state index contributed by atoms with van der Waals surface area (Å²) in [6.45, 7) is 5.82. The Bertz CT molecular complexity index is 1210. The van der Waals surface area contributed by atoms with Crippen LogP contribution in [0.4, 0.5) is 0 Å². The van der Waals surface area contributed by atoms with Gasteiger partial charge < -0.3 is 14.6 Å². The van der Waals surface area contributed by atoms with E-state index < -0.39 is 18.7 Å². The summed E-state index contributed by atoms with van der Waals surface area (Å²) >= 11 is 15.9. The summed E-state index contributed by atoms with van der Waals surface area (Å²) in [5.74, 6) is -0.567. The van der Waals surface area contributed by atoms with Gasteiger partial charge in [0.25, 0.3) is 0 Å². The van der Waals surface area contributed by atoms with Crippen LogP contribution in [0.5, 0.6) is 5.75 Å². The Kier molecular flexibility index (Phi) is 8.23. The fourth-order valence-electron chi connectivity index (χ4n) is 4.64. The zero-order valence-corrected chi connectivity index (χ0v) is 22.2. The minimum Gasteiger partial charge on any atom is -0.480 e. The predicted molar refractivity (Wildman–Crippen MR) is 142 cm³/mol. The van der Waals surface area contributed by atoms with Crippen molar-refractivity contribution in [3.63, 3.8) is 0 Å². The SMILES string of the molecule is C=C(C)[C@H]1C[C@H](c2ccc(Cl)cc2)[C@H](c2ccc(Cl)cc2)O[C@@H]1c1cccc(Br)c1OCC(=O)O. The molecule has 1 fully saturated rings. The number of aliphatic carboxylic acids is 1. The summed E-state index contributed by atoms with van der Waals surface area (Å²) in [4.78, 5) is 11.2. The van der Waals surface area contributed by atoms with Crippen molar-refractivity contribution in [1.82, 2.24) is 0 Å². The number of hydrogen-bond acceptors (Lipinski definition) is 3. The minimum atomic E-state index is -1.05. The Morgan fingerprint density at radius 3 is 2.20 bits per heavy atom. The van der Waals surface area contributed by atoms with Crippen molar-refractivity contribution in [2.45, 2.75) is 31.5 Å². The Hall–Kier alpha value is -2.31. The van der Waals surface area contributed by atoms with Crippen molar-refractivity contribution in [2.24, 2.45) is 5.92 Å². The lowest BCUT2D eigenvalue weighted by Gasteiger charge is -2.43. The number of para-hydroxylation sites is 1. The van der Waals surface area contributed by atoms with Crippen molar-refractivity contribution < 1.29 is 19.4 Å². The van der Waals surface area contributed by atoms with Crippen LogP contribution in [-0.4, -0.2) is 17.7 Å². The van der Waals surface area contributed by atoms with E-state index in [1.54, 1.807) is 0 Å². The van der Waals surface area contributed by atoms with E-state index in [1.807, 2.05) is 73.7 Å². The molecule has 0 radical (unpaired) electrons. The molecule has 35 heavy (non-hydrogen) atoms. The molecule has 0 amide bonds. The lowest BCUT2D eigenvalue weighted by molar-refractivity contribution is -0.139. The van der Waals surface area contributed by atoms with Gasteiger partial charge in [0.05, 0.1) is 16.7 Å². The Morgan fingerprint density at radius 1 is 1.03 bits per heavy atom. The monoisotopic (exact) mass is 574 g/mol. The van der Waals surface area contributed by atoms with E-state index in [-0.39, 0.29) is 17.9 Å².